The summed E-state index contributed by atoms with van der Waals surface area (Å²) in [5.41, 5.74) is -2.94. The van der Waals surface area contributed by atoms with Gasteiger partial charge in [0.15, 0.2) is 0 Å². The van der Waals surface area contributed by atoms with Gasteiger partial charge in [0.25, 0.3) is 0 Å². The minimum Gasteiger partial charge on any atom is -0.361 e. The standard InChI is InChI=1S/C32H28F9N3/c1-19-17-25(20-7-11-23(12-8-20)30(33,34)35)27(32(39,40)41)28(42-19)29(21-9-13-24(14-10-21)31(36,37)38)44-16-3-5-22(18-44)26-6-4-15-43(26)2/h3,5,7-14,17-18,26,29H,4,6,15-16H2,1-2H3/t26-,29?/m0/s1. The molecule has 1 aromatic heterocycles. The van der Waals surface area contributed by atoms with E-state index in [0.29, 0.717) is 12.1 Å². The number of pyridine rings is 1. The van der Waals surface area contributed by atoms with Gasteiger partial charge in [0.2, 0.25) is 0 Å². The van der Waals surface area contributed by atoms with Crippen LogP contribution in [0.2, 0.25) is 0 Å². The SMILES string of the molecule is Cc1cc(-c2ccc(C(F)(F)F)cc2)c(C(F)(F)F)c(C(c2ccc(C(F)(F)F)cc2)N2C=C([C@@H]3CCCN3C)C=CC2)n1. The number of hydrogen-bond donors (Lipinski definition) is 0. The topological polar surface area (TPSA) is 19.4 Å². The summed E-state index contributed by atoms with van der Waals surface area (Å²) >= 11 is 0. The molecule has 3 heterocycles. The van der Waals surface area contributed by atoms with Crippen LogP contribution in [0.3, 0.4) is 0 Å². The van der Waals surface area contributed by atoms with Crippen molar-refractivity contribution in [2.45, 2.75) is 50.4 Å². The van der Waals surface area contributed by atoms with Crippen LogP contribution in [0, 0.1) is 6.92 Å². The Morgan fingerprint density at radius 2 is 1.41 bits per heavy atom. The first kappa shape index (κ1) is 31.6. The molecule has 1 unspecified atom stereocenters. The molecule has 12 heteroatoms. The maximum Gasteiger partial charge on any atom is 0.418 e. The van der Waals surface area contributed by atoms with Gasteiger partial charge in [0, 0.05) is 24.5 Å². The van der Waals surface area contributed by atoms with Crippen LogP contribution in [0.1, 0.15) is 52.5 Å². The number of rotatable bonds is 5. The summed E-state index contributed by atoms with van der Waals surface area (Å²) in [4.78, 5) is 8.06. The quantitative estimate of drug-likeness (QED) is 0.264. The first-order chi connectivity index (χ1) is 20.5. The zero-order valence-electron chi connectivity index (χ0n) is 23.7. The molecule has 234 valence electrons. The number of alkyl halides is 9. The van der Waals surface area contributed by atoms with Crippen molar-refractivity contribution in [1.82, 2.24) is 14.8 Å². The normalized spacial score (nSPS) is 18.9. The van der Waals surface area contributed by atoms with E-state index in [0.717, 1.165) is 67.4 Å². The van der Waals surface area contributed by atoms with Crippen LogP contribution < -0.4 is 0 Å². The minimum absolute atomic E-state index is 0.0116. The van der Waals surface area contributed by atoms with E-state index >= 15 is 13.2 Å². The molecule has 0 bridgehead atoms. The highest BCUT2D eigenvalue weighted by Crippen LogP contribution is 2.45. The molecule has 0 aliphatic carbocycles. The van der Waals surface area contributed by atoms with Crippen molar-refractivity contribution in [3.05, 3.63) is 112 Å². The molecule has 0 amide bonds. The van der Waals surface area contributed by atoms with Gasteiger partial charge in [0.05, 0.1) is 28.4 Å². The van der Waals surface area contributed by atoms with Crippen molar-refractivity contribution in [2.24, 2.45) is 0 Å². The van der Waals surface area contributed by atoms with Crippen molar-refractivity contribution in [3.63, 3.8) is 0 Å². The summed E-state index contributed by atoms with van der Waals surface area (Å²) in [6, 6.07) is 7.18. The molecule has 0 spiro atoms. The van der Waals surface area contributed by atoms with Gasteiger partial charge in [-0.2, -0.15) is 39.5 Å². The first-order valence-electron chi connectivity index (χ1n) is 13.8. The number of hydrogen-bond acceptors (Lipinski definition) is 3. The summed E-state index contributed by atoms with van der Waals surface area (Å²) < 4.78 is 125. The van der Waals surface area contributed by atoms with Crippen molar-refractivity contribution in [3.8, 4) is 11.1 Å². The van der Waals surface area contributed by atoms with Gasteiger partial charge in [-0.3, -0.25) is 9.88 Å². The summed E-state index contributed by atoms with van der Waals surface area (Å²) in [5, 5.41) is 0. The molecule has 0 radical (unpaired) electrons. The average molecular weight is 626 g/mol. The number of likely N-dealkylation sites (N-methyl/N-ethyl adjacent to an activating group) is 1. The van der Waals surface area contributed by atoms with E-state index in [1.807, 2.05) is 13.1 Å². The van der Waals surface area contributed by atoms with Crippen molar-refractivity contribution < 1.29 is 39.5 Å². The molecule has 2 aliphatic rings. The summed E-state index contributed by atoms with van der Waals surface area (Å²) in [6.07, 6.45) is -7.16. The van der Waals surface area contributed by atoms with Crippen molar-refractivity contribution >= 4 is 0 Å². The lowest BCUT2D eigenvalue weighted by Gasteiger charge is -2.36. The number of likely N-dealkylation sites (tertiary alicyclic amines) is 1. The van der Waals surface area contributed by atoms with Crippen LogP contribution in [0.4, 0.5) is 39.5 Å². The summed E-state index contributed by atoms with van der Waals surface area (Å²) in [6.45, 7) is 2.45. The molecule has 1 saturated heterocycles. The Morgan fingerprint density at radius 1 is 0.818 bits per heavy atom. The van der Waals surface area contributed by atoms with E-state index < -0.39 is 47.0 Å². The molecule has 2 aliphatic heterocycles. The highest BCUT2D eigenvalue weighted by molar-refractivity contribution is 5.70. The van der Waals surface area contributed by atoms with Crippen LogP contribution >= 0.6 is 0 Å². The predicted octanol–water partition coefficient (Wildman–Crippen LogP) is 9.05. The Labute approximate surface area is 248 Å². The zero-order chi connectivity index (χ0) is 32.0. The number of aromatic nitrogens is 1. The van der Waals surface area contributed by atoms with E-state index in [9.17, 15) is 26.3 Å². The third kappa shape index (κ3) is 6.50. The predicted molar refractivity (Wildman–Crippen MR) is 147 cm³/mol. The zero-order valence-corrected chi connectivity index (χ0v) is 23.7. The molecule has 2 aromatic carbocycles. The van der Waals surface area contributed by atoms with Gasteiger partial charge in [-0.25, -0.2) is 0 Å². The number of nitrogens with zero attached hydrogens (tertiary/aromatic N) is 3. The largest absolute Gasteiger partial charge is 0.418 e. The van der Waals surface area contributed by atoms with Crippen LogP contribution in [-0.4, -0.2) is 41.0 Å². The summed E-state index contributed by atoms with van der Waals surface area (Å²) in [7, 11) is 1.94. The van der Waals surface area contributed by atoms with E-state index in [2.05, 4.69) is 9.88 Å². The fraction of sp³-hybridized carbons (Fsp3) is 0.344. The highest BCUT2D eigenvalue weighted by Gasteiger charge is 2.42. The van der Waals surface area contributed by atoms with E-state index in [-0.39, 0.29) is 35.0 Å². The Kier molecular flexibility index (Phi) is 8.34. The van der Waals surface area contributed by atoms with Gasteiger partial charge >= 0.3 is 18.5 Å². The monoisotopic (exact) mass is 625 g/mol. The van der Waals surface area contributed by atoms with E-state index in [4.69, 9.17) is 0 Å². The molecule has 5 rings (SSSR count). The highest BCUT2D eigenvalue weighted by atomic mass is 19.4. The molecule has 3 aromatic rings. The third-order valence-corrected chi connectivity index (χ3v) is 7.97. The second kappa shape index (κ2) is 11.6. The lowest BCUT2D eigenvalue weighted by Crippen LogP contribution is -2.33. The van der Waals surface area contributed by atoms with Gasteiger partial charge in [0.1, 0.15) is 0 Å². The van der Waals surface area contributed by atoms with Crippen LogP contribution in [0.15, 0.2) is 78.5 Å². The second-order valence-corrected chi connectivity index (χ2v) is 11.0. The second-order valence-electron chi connectivity index (χ2n) is 11.0. The van der Waals surface area contributed by atoms with Crippen molar-refractivity contribution in [1.29, 1.82) is 0 Å². The number of halogens is 9. The Hall–Kier alpha value is -3.80. The number of benzene rings is 2. The lowest BCUT2D eigenvalue weighted by atomic mass is 9.90. The molecular formula is C32H28F9N3. The van der Waals surface area contributed by atoms with Crippen molar-refractivity contribution in [2.75, 3.05) is 20.1 Å². The van der Waals surface area contributed by atoms with Gasteiger partial charge in [-0.05, 0) is 86.0 Å². The molecule has 2 atom stereocenters. The maximum atomic E-state index is 15.0. The van der Waals surface area contributed by atoms with Crippen LogP contribution in [0.25, 0.3) is 11.1 Å². The fourth-order valence-corrected chi connectivity index (χ4v) is 5.93. The first-order valence-corrected chi connectivity index (χ1v) is 13.8. The maximum absolute atomic E-state index is 15.0. The Morgan fingerprint density at radius 3 is 1.93 bits per heavy atom. The van der Waals surface area contributed by atoms with Gasteiger partial charge < -0.3 is 4.90 Å². The smallest absolute Gasteiger partial charge is 0.361 e. The minimum atomic E-state index is -5.01. The van der Waals surface area contributed by atoms with Crippen LogP contribution in [0.5, 0.6) is 0 Å². The van der Waals surface area contributed by atoms with Gasteiger partial charge in [-0.15, -0.1) is 0 Å². The fourth-order valence-electron chi connectivity index (χ4n) is 5.93. The molecule has 44 heavy (non-hydrogen) atoms. The molecule has 3 nitrogen and oxygen atoms in total. The Balaban J connectivity index is 1.72. The van der Waals surface area contributed by atoms with E-state index in [1.54, 1.807) is 17.2 Å². The average Bonchev–Trinajstić information content (AvgIpc) is 3.37. The molecular weight excluding hydrogens is 597 g/mol. The van der Waals surface area contributed by atoms with Gasteiger partial charge in [-0.1, -0.05) is 36.4 Å². The molecule has 1 fully saturated rings. The molecule has 0 saturated carbocycles. The number of aryl methyl sites for hydroxylation is 1. The molecule has 0 N–H and O–H groups in total. The third-order valence-electron chi connectivity index (χ3n) is 7.97. The van der Waals surface area contributed by atoms with E-state index in [1.165, 1.54) is 6.92 Å². The van der Waals surface area contributed by atoms with Crippen LogP contribution in [-0.2, 0) is 18.5 Å². The lowest BCUT2D eigenvalue weighted by molar-refractivity contribution is -0.139. The summed E-state index contributed by atoms with van der Waals surface area (Å²) in [5.74, 6) is 0. The Bertz CT molecular complexity index is 1550.